The molecule has 0 amide bonds. The second kappa shape index (κ2) is 10.2. The predicted molar refractivity (Wildman–Crippen MR) is 108 cm³/mol. The molecule has 0 radical (unpaired) electrons. The van der Waals surface area contributed by atoms with Crippen LogP contribution in [0.25, 0.3) is 0 Å². The van der Waals surface area contributed by atoms with Crippen molar-refractivity contribution in [2.24, 2.45) is 0 Å². The Kier molecular flexibility index (Phi) is 8.19. The first kappa shape index (κ1) is 22.6. The molecule has 0 saturated heterocycles. The van der Waals surface area contributed by atoms with E-state index in [1.54, 1.807) is 30.1 Å². The third-order valence-electron chi connectivity index (χ3n) is 4.39. The summed E-state index contributed by atoms with van der Waals surface area (Å²) in [5.74, 6) is -1.80. The second-order valence-electron chi connectivity index (χ2n) is 7.23. The fourth-order valence-electron chi connectivity index (χ4n) is 2.81. The van der Waals surface area contributed by atoms with Gasteiger partial charge in [0.2, 0.25) is 0 Å². The van der Waals surface area contributed by atoms with Crippen LogP contribution in [0.1, 0.15) is 57.3 Å². The highest BCUT2D eigenvalue weighted by Gasteiger charge is 2.26. The summed E-state index contributed by atoms with van der Waals surface area (Å²) in [7, 11) is 0. The van der Waals surface area contributed by atoms with Gasteiger partial charge in [0.1, 0.15) is 17.5 Å². The topological polar surface area (TPSA) is 55.2 Å². The van der Waals surface area contributed by atoms with Gasteiger partial charge in [-0.05, 0) is 43.2 Å². The second-order valence-corrected chi connectivity index (χ2v) is 8.06. The van der Waals surface area contributed by atoms with E-state index in [2.05, 4.69) is 9.97 Å². The van der Waals surface area contributed by atoms with Gasteiger partial charge in [-0.1, -0.05) is 19.9 Å². The summed E-state index contributed by atoms with van der Waals surface area (Å²) in [5.41, 5.74) is 0.553. The molecule has 2 heterocycles. The zero-order chi connectivity index (χ0) is 20.7. The molecule has 2 unspecified atom stereocenters. The van der Waals surface area contributed by atoms with Gasteiger partial charge in [0.15, 0.2) is 0 Å². The van der Waals surface area contributed by atoms with Crippen LogP contribution in [0, 0.1) is 0 Å². The zero-order valence-corrected chi connectivity index (χ0v) is 17.5. The van der Waals surface area contributed by atoms with Gasteiger partial charge in [-0.25, -0.2) is 4.98 Å². The van der Waals surface area contributed by atoms with Crippen LogP contribution in [-0.2, 0) is 5.92 Å². The summed E-state index contributed by atoms with van der Waals surface area (Å²) < 4.78 is 31.4. The highest BCUT2D eigenvalue weighted by Crippen LogP contribution is 2.27. The molecule has 1 aliphatic carbocycles. The van der Waals surface area contributed by atoms with Gasteiger partial charge >= 0.3 is 0 Å². The minimum atomic E-state index is -2.84. The van der Waals surface area contributed by atoms with Crippen molar-refractivity contribution in [1.82, 2.24) is 9.97 Å². The third kappa shape index (κ3) is 7.02. The number of aromatic nitrogens is 2. The monoisotopic (exact) mass is 410 g/mol. The van der Waals surface area contributed by atoms with Crippen molar-refractivity contribution in [3.05, 3.63) is 47.9 Å². The number of alkyl halides is 2. The highest BCUT2D eigenvalue weighted by atomic mass is 32.2. The molecule has 2 aromatic rings. The Morgan fingerprint density at radius 2 is 2.00 bits per heavy atom. The number of halogens is 2. The van der Waals surface area contributed by atoms with Crippen LogP contribution >= 0.6 is 11.8 Å². The van der Waals surface area contributed by atoms with E-state index in [4.69, 9.17) is 4.74 Å². The molecule has 4 nitrogen and oxygen atoms in total. The quantitative estimate of drug-likeness (QED) is 0.668. The van der Waals surface area contributed by atoms with Gasteiger partial charge in [-0.15, -0.1) is 11.8 Å². The smallest absolute Gasteiger partial charge is 0.286 e. The molecule has 1 N–H and O–H groups in total. The fourth-order valence-corrected chi connectivity index (χ4v) is 3.21. The minimum Gasteiger partial charge on any atom is -0.490 e. The Morgan fingerprint density at radius 1 is 1.25 bits per heavy atom. The lowest BCUT2D eigenvalue weighted by Crippen LogP contribution is -2.13. The number of hydrogen-bond donors (Lipinski definition) is 1. The van der Waals surface area contributed by atoms with Crippen molar-refractivity contribution < 1.29 is 18.6 Å². The van der Waals surface area contributed by atoms with Crippen LogP contribution in [-0.4, -0.2) is 33.5 Å². The lowest BCUT2D eigenvalue weighted by molar-refractivity contribution is 0.0125. The van der Waals surface area contributed by atoms with E-state index >= 15 is 0 Å². The average molecular weight is 411 g/mol. The Balaban J connectivity index is 0.000000203. The van der Waals surface area contributed by atoms with Gasteiger partial charge in [-0.2, -0.15) is 8.78 Å². The van der Waals surface area contributed by atoms with E-state index in [0.29, 0.717) is 5.69 Å². The molecule has 0 aliphatic heterocycles. The number of pyridine rings is 2. The van der Waals surface area contributed by atoms with Crippen molar-refractivity contribution in [3.63, 3.8) is 0 Å². The molecule has 3 rings (SSSR count). The van der Waals surface area contributed by atoms with Crippen molar-refractivity contribution >= 4 is 11.8 Å². The summed E-state index contributed by atoms with van der Waals surface area (Å²) >= 11 is 1.60. The maximum absolute atomic E-state index is 12.8. The van der Waals surface area contributed by atoms with E-state index in [1.165, 1.54) is 6.07 Å². The summed E-state index contributed by atoms with van der Waals surface area (Å²) in [4.78, 5) is 8.07. The predicted octanol–water partition coefficient (Wildman–Crippen LogP) is 5.41. The Labute approximate surface area is 169 Å². The number of thioether (sulfide) groups is 1. The molecule has 154 valence electrons. The van der Waals surface area contributed by atoms with Gasteiger partial charge < -0.3 is 9.84 Å². The average Bonchev–Trinajstić information content (AvgIpc) is 3.06. The van der Waals surface area contributed by atoms with E-state index in [0.717, 1.165) is 37.0 Å². The molecule has 0 spiro atoms. The number of rotatable bonds is 5. The fraction of sp³-hybridized carbons (Fsp3) is 0.524. The molecule has 28 heavy (non-hydrogen) atoms. The molecule has 2 aromatic heterocycles. The zero-order valence-electron chi connectivity index (χ0n) is 16.7. The minimum absolute atomic E-state index is 0.154. The largest absolute Gasteiger partial charge is 0.490 e. The van der Waals surface area contributed by atoms with Gasteiger partial charge in [0.25, 0.3) is 5.92 Å². The molecule has 0 aromatic carbocycles. The van der Waals surface area contributed by atoms with Crippen molar-refractivity contribution in [2.45, 2.75) is 69.1 Å². The SMILES string of the molecule is CC(C)c1cccc(C(C)(F)F)n1.CSc1cc(OC2CCC(O)C2)ccn1. The van der Waals surface area contributed by atoms with Crippen LogP contribution in [0.2, 0.25) is 0 Å². The van der Waals surface area contributed by atoms with E-state index < -0.39 is 5.92 Å². The lowest BCUT2D eigenvalue weighted by atomic mass is 10.1. The summed E-state index contributed by atoms with van der Waals surface area (Å²) in [6.07, 6.45) is 6.27. The summed E-state index contributed by atoms with van der Waals surface area (Å²) in [6, 6.07) is 8.54. The summed E-state index contributed by atoms with van der Waals surface area (Å²) in [6.45, 7) is 4.72. The highest BCUT2D eigenvalue weighted by molar-refractivity contribution is 7.98. The van der Waals surface area contributed by atoms with Crippen LogP contribution in [0.4, 0.5) is 8.78 Å². The normalized spacial score (nSPS) is 19.3. The van der Waals surface area contributed by atoms with Crippen LogP contribution in [0.15, 0.2) is 41.6 Å². The lowest BCUT2D eigenvalue weighted by Gasteiger charge is -2.13. The van der Waals surface area contributed by atoms with Crippen molar-refractivity contribution in [1.29, 1.82) is 0 Å². The van der Waals surface area contributed by atoms with Crippen molar-refractivity contribution in [3.8, 4) is 5.75 Å². The van der Waals surface area contributed by atoms with Crippen LogP contribution in [0.5, 0.6) is 5.75 Å². The first-order valence-electron chi connectivity index (χ1n) is 9.39. The van der Waals surface area contributed by atoms with E-state index in [1.807, 2.05) is 32.2 Å². The molecule has 1 aliphatic rings. The number of aliphatic hydroxyl groups excluding tert-OH is 1. The molecule has 0 bridgehead atoms. The Morgan fingerprint density at radius 3 is 2.57 bits per heavy atom. The maximum Gasteiger partial charge on any atom is 0.286 e. The van der Waals surface area contributed by atoms with Crippen LogP contribution < -0.4 is 4.74 Å². The third-order valence-corrected chi connectivity index (χ3v) is 5.03. The van der Waals surface area contributed by atoms with E-state index in [9.17, 15) is 13.9 Å². The first-order valence-corrected chi connectivity index (χ1v) is 10.6. The van der Waals surface area contributed by atoms with Gasteiger partial charge in [0.05, 0.1) is 11.1 Å². The number of nitrogens with zero attached hydrogens (tertiary/aromatic N) is 2. The summed E-state index contributed by atoms with van der Waals surface area (Å²) in [5, 5.41) is 10.3. The Hall–Kier alpha value is -1.73. The first-order chi connectivity index (χ1) is 13.2. The van der Waals surface area contributed by atoms with Crippen LogP contribution in [0.3, 0.4) is 0 Å². The standard InChI is InChI=1S/C11H15NO2S.C10H13F2N/c1-15-11-7-10(4-5-12-11)14-9-3-2-8(13)6-9;1-7(2)8-5-4-6-9(13-8)10(3,11)12/h4-5,7-9,13H,2-3,6H2,1H3;4-7H,1-3H3. The van der Waals surface area contributed by atoms with Gasteiger partial charge in [-0.3, -0.25) is 4.98 Å². The van der Waals surface area contributed by atoms with Gasteiger partial charge in [0, 0.05) is 31.3 Å². The Bertz CT molecular complexity index is 753. The molecular formula is C21H28F2N2O2S. The number of hydrogen-bond acceptors (Lipinski definition) is 5. The van der Waals surface area contributed by atoms with E-state index in [-0.39, 0.29) is 23.8 Å². The number of ether oxygens (including phenoxy) is 1. The molecule has 1 fully saturated rings. The molecule has 2 atom stereocenters. The molecular weight excluding hydrogens is 382 g/mol. The number of aliphatic hydroxyl groups is 1. The maximum atomic E-state index is 12.8. The molecule has 7 heteroatoms. The van der Waals surface area contributed by atoms with Crippen molar-refractivity contribution in [2.75, 3.05) is 6.26 Å². The molecule has 1 saturated carbocycles.